The highest BCUT2D eigenvalue weighted by Crippen LogP contribution is 2.36. The molecule has 0 saturated carbocycles. The summed E-state index contributed by atoms with van der Waals surface area (Å²) in [6.07, 6.45) is 8.25. The van der Waals surface area contributed by atoms with Crippen molar-refractivity contribution in [3.05, 3.63) is 46.5 Å². The second-order valence-corrected chi connectivity index (χ2v) is 7.70. The summed E-state index contributed by atoms with van der Waals surface area (Å²) >= 11 is 3.73. The van der Waals surface area contributed by atoms with Crippen LogP contribution in [0.5, 0.6) is 0 Å². The van der Waals surface area contributed by atoms with Crippen LogP contribution in [0.1, 0.15) is 24.1 Å². The third-order valence-corrected chi connectivity index (χ3v) is 5.74. The lowest BCUT2D eigenvalue weighted by Gasteiger charge is -2.33. The minimum atomic E-state index is 0.222. The van der Waals surface area contributed by atoms with Crippen LogP contribution in [0, 0.1) is 13.8 Å². The van der Waals surface area contributed by atoms with E-state index in [0.29, 0.717) is 0 Å². The summed E-state index contributed by atoms with van der Waals surface area (Å²) in [6, 6.07) is 4.45. The Labute approximate surface area is 156 Å². The van der Waals surface area contributed by atoms with Crippen molar-refractivity contribution in [3.8, 4) is 5.69 Å². The summed E-state index contributed by atoms with van der Waals surface area (Å²) in [6.45, 7) is 6.18. The molecule has 0 amide bonds. The third-order valence-electron chi connectivity index (χ3n) is 5.16. The predicted molar refractivity (Wildman–Crippen MR) is 104 cm³/mol. The number of aryl methyl sites for hydroxylation is 1. The second-order valence-electron chi connectivity index (χ2n) is 6.85. The monoisotopic (exact) mass is 400 g/mol. The number of nitrogens with one attached hydrogen (secondary N) is 1. The number of hydrogen-bond acceptors (Lipinski definition) is 3. The topological polar surface area (TPSA) is 61.8 Å². The van der Waals surface area contributed by atoms with Gasteiger partial charge in [0.2, 0.25) is 5.69 Å². The molecule has 6 heteroatoms. The zero-order valence-electron chi connectivity index (χ0n) is 14.6. The Kier molecular flexibility index (Phi) is 4.25. The Morgan fingerprint density at radius 3 is 3.04 bits per heavy atom. The van der Waals surface area contributed by atoms with Crippen molar-refractivity contribution in [2.45, 2.75) is 32.7 Å². The molecule has 25 heavy (non-hydrogen) atoms. The number of fused-ring (bicyclic) bond motifs is 1. The number of aromatic nitrogens is 3. The zero-order chi connectivity index (χ0) is 17.6. The van der Waals surface area contributed by atoms with Gasteiger partial charge in [0, 0.05) is 43.9 Å². The van der Waals surface area contributed by atoms with Gasteiger partial charge in [0.25, 0.3) is 0 Å². The van der Waals surface area contributed by atoms with Gasteiger partial charge in [-0.05, 0) is 41.8 Å². The number of nitrogens with zero attached hydrogens (tertiary/aromatic N) is 3. The predicted octanol–water partition coefficient (Wildman–Crippen LogP) is 3.15. The van der Waals surface area contributed by atoms with E-state index in [1.54, 1.807) is 0 Å². The molecule has 3 aromatic rings. The van der Waals surface area contributed by atoms with Crippen LogP contribution < -0.4 is 15.2 Å². The van der Waals surface area contributed by atoms with Crippen molar-refractivity contribution in [2.75, 3.05) is 18.0 Å². The van der Waals surface area contributed by atoms with E-state index in [2.05, 4.69) is 67.5 Å². The van der Waals surface area contributed by atoms with Gasteiger partial charge in [0.05, 0.1) is 16.4 Å². The molecule has 1 aliphatic rings. The normalized spacial score (nSPS) is 18.1. The lowest BCUT2D eigenvalue weighted by Crippen LogP contribution is -2.43. The number of anilines is 1. The van der Waals surface area contributed by atoms with E-state index in [0.717, 1.165) is 47.1 Å². The number of pyridine rings is 2. The first kappa shape index (κ1) is 16.5. The van der Waals surface area contributed by atoms with Crippen LogP contribution in [-0.4, -0.2) is 29.1 Å². The van der Waals surface area contributed by atoms with Crippen LogP contribution in [-0.2, 0) is 0 Å². The number of nitrogens with two attached hydrogens (primary N) is 1. The molecule has 5 nitrogen and oxygen atoms in total. The van der Waals surface area contributed by atoms with E-state index in [9.17, 15) is 0 Å². The van der Waals surface area contributed by atoms with Crippen molar-refractivity contribution in [1.29, 1.82) is 0 Å². The van der Waals surface area contributed by atoms with Gasteiger partial charge in [-0.1, -0.05) is 0 Å². The maximum absolute atomic E-state index is 6.24. The fourth-order valence-corrected chi connectivity index (χ4v) is 4.26. The molecule has 0 aliphatic carbocycles. The molecule has 1 atom stereocenters. The SMILES string of the molecule is Cc1ccc[n+](-c2c[nH]c3ncc(Br)c(N4CCC[C@@H](N)C4)c23)c1C. The van der Waals surface area contributed by atoms with E-state index in [1.807, 2.05) is 12.4 Å². The number of H-pyrrole nitrogens is 1. The molecule has 1 aliphatic heterocycles. The molecule has 0 unspecified atom stereocenters. The number of hydrogen-bond donors (Lipinski definition) is 2. The van der Waals surface area contributed by atoms with Crippen molar-refractivity contribution >= 4 is 32.7 Å². The smallest absolute Gasteiger partial charge is 0.240 e. The van der Waals surface area contributed by atoms with Crippen molar-refractivity contribution in [2.24, 2.45) is 5.73 Å². The largest absolute Gasteiger partial charge is 0.368 e. The number of piperidine rings is 1. The van der Waals surface area contributed by atoms with Gasteiger partial charge in [0.1, 0.15) is 11.0 Å². The summed E-state index contributed by atoms with van der Waals surface area (Å²) < 4.78 is 3.25. The fraction of sp³-hybridized carbons (Fsp3) is 0.368. The summed E-state index contributed by atoms with van der Waals surface area (Å²) in [5, 5.41) is 1.14. The Morgan fingerprint density at radius 2 is 2.24 bits per heavy atom. The minimum absolute atomic E-state index is 0.222. The molecule has 3 N–H and O–H groups in total. The van der Waals surface area contributed by atoms with E-state index >= 15 is 0 Å². The molecule has 1 saturated heterocycles. The van der Waals surface area contributed by atoms with Crippen LogP contribution in [0.25, 0.3) is 16.7 Å². The first-order chi connectivity index (χ1) is 12.1. The maximum Gasteiger partial charge on any atom is 0.240 e. The molecule has 3 aromatic heterocycles. The lowest BCUT2D eigenvalue weighted by atomic mass is 10.1. The maximum atomic E-state index is 6.24. The van der Waals surface area contributed by atoms with Crippen LogP contribution >= 0.6 is 15.9 Å². The Morgan fingerprint density at radius 1 is 1.40 bits per heavy atom. The standard InChI is InChI=1S/C19H23BrN5/c1-12-5-3-8-25(13(12)2)16-10-23-19-17(16)18(15(20)9-22-19)24-7-4-6-14(21)11-24/h3,5,8-10,14H,4,6-7,11,21H2,1-2H3,(H,22,23)/q+1/t14-/m1/s1. The molecule has 4 rings (SSSR count). The quantitative estimate of drug-likeness (QED) is 0.649. The molecule has 130 valence electrons. The first-order valence-electron chi connectivity index (χ1n) is 8.70. The molecule has 1 fully saturated rings. The molecule has 0 radical (unpaired) electrons. The first-order valence-corrected chi connectivity index (χ1v) is 9.50. The van der Waals surface area contributed by atoms with E-state index in [-0.39, 0.29) is 6.04 Å². The summed E-state index contributed by atoms with van der Waals surface area (Å²) in [5.41, 5.74) is 11.9. The second kappa shape index (κ2) is 6.42. The summed E-state index contributed by atoms with van der Waals surface area (Å²) in [7, 11) is 0. The molecule has 0 aromatic carbocycles. The third kappa shape index (κ3) is 2.83. The van der Waals surface area contributed by atoms with Gasteiger partial charge < -0.3 is 15.6 Å². The number of halogens is 1. The number of rotatable bonds is 2. The van der Waals surface area contributed by atoms with Gasteiger partial charge in [-0.2, -0.15) is 4.57 Å². The minimum Gasteiger partial charge on any atom is -0.368 e. The molecule has 0 spiro atoms. The molecular weight excluding hydrogens is 378 g/mol. The highest BCUT2D eigenvalue weighted by Gasteiger charge is 2.27. The van der Waals surface area contributed by atoms with Gasteiger partial charge in [-0.25, -0.2) is 4.98 Å². The van der Waals surface area contributed by atoms with Gasteiger partial charge in [0.15, 0.2) is 11.9 Å². The average molecular weight is 401 g/mol. The molecule has 4 heterocycles. The molecule has 0 bridgehead atoms. The van der Waals surface area contributed by atoms with Crippen LogP contribution in [0.15, 0.2) is 35.2 Å². The highest BCUT2D eigenvalue weighted by atomic mass is 79.9. The lowest BCUT2D eigenvalue weighted by molar-refractivity contribution is -0.601. The Balaban J connectivity index is 1.95. The Hall–Kier alpha value is -1.92. The average Bonchev–Trinajstić information content (AvgIpc) is 3.01. The van der Waals surface area contributed by atoms with E-state index in [1.165, 1.54) is 16.9 Å². The van der Waals surface area contributed by atoms with E-state index < -0.39 is 0 Å². The number of aromatic amines is 1. The van der Waals surface area contributed by atoms with Crippen molar-refractivity contribution in [1.82, 2.24) is 9.97 Å². The van der Waals surface area contributed by atoms with Crippen molar-refractivity contribution in [3.63, 3.8) is 0 Å². The summed E-state index contributed by atoms with van der Waals surface area (Å²) in [5.74, 6) is 0. The highest BCUT2D eigenvalue weighted by molar-refractivity contribution is 9.10. The summed E-state index contributed by atoms with van der Waals surface area (Å²) in [4.78, 5) is 10.3. The van der Waals surface area contributed by atoms with Gasteiger partial charge in [-0.15, -0.1) is 0 Å². The van der Waals surface area contributed by atoms with Gasteiger partial charge >= 0.3 is 0 Å². The Bertz CT molecular complexity index is 933. The van der Waals surface area contributed by atoms with E-state index in [4.69, 9.17) is 5.73 Å². The zero-order valence-corrected chi connectivity index (χ0v) is 16.2. The van der Waals surface area contributed by atoms with Gasteiger partial charge in [-0.3, -0.25) is 0 Å². The molecular formula is C19H23BrN5+. The van der Waals surface area contributed by atoms with Crippen LogP contribution in [0.4, 0.5) is 5.69 Å². The fourth-order valence-electron chi connectivity index (χ4n) is 3.71. The van der Waals surface area contributed by atoms with Crippen LogP contribution in [0.2, 0.25) is 0 Å². The van der Waals surface area contributed by atoms with Crippen molar-refractivity contribution < 1.29 is 4.57 Å². The van der Waals surface area contributed by atoms with Crippen LogP contribution in [0.3, 0.4) is 0 Å².